The van der Waals surface area contributed by atoms with E-state index >= 15 is 0 Å². The molecule has 1 fully saturated rings. The van der Waals surface area contributed by atoms with Gasteiger partial charge in [0.1, 0.15) is 0 Å². The van der Waals surface area contributed by atoms with E-state index in [4.69, 9.17) is 12.2 Å². The highest BCUT2D eigenvalue weighted by molar-refractivity contribution is 8.27. The first-order chi connectivity index (χ1) is 16.0. The van der Waals surface area contributed by atoms with Gasteiger partial charge < -0.3 is 14.5 Å². The van der Waals surface area contributed by atoms with Crippen molar-refractivity contribution in [3.8, 4) is 0 Å². The van der Waals surface area contributed by atoms with Crippen molar-refractivity contribution in [3.05, 3.63) is 107 Å². The fourth-order valence-corrected chi connectivity index (χ4v) is 5.19. The Kier molecular flexibility index (Phi) is 5.58. The van der Waals surface area contributed by atoms with Gasteiger partial charge in [0.05, 0.1) is 16.6 Å². The van der Waals surface area contributed by atoms with Crippen LogP contribution >= 0.6 is 24.0 Å². The topological polar surface area (TPSA) is 65.4 Å². The van der Waals surface area contributed by atoms with Crippen LogP contribution in [0.4, 0.5) is 5.69 Å². The number of para-hydroxylation sites is 1. The summed E-state index contributed by atoms with van der Waals surface area (Å²) in [4.78, 5) is 26.3. The molecule has 162 valence electrons. The van der Waals surface area contributed by atoms with Crippen LogP contribution in [0.1, 0.15) is 21.5 Å². The number of hydrogen-bond acceptors (Lipinski definition) is 5. The molecule has 0 radical (unpaired) electrons. The first-order valence-corrected chi connectivity index (χ1v) is 11.4. The molecule has 2 heterocycles. The number of benzene rings is 3. The normalized spacial score (nSPS) is 15.0. The molecule has 1 aliphatic heterocycles. The van der Waals surface area contributed by atoms with E-state index in [-0.39, 0.29) is 11.5 Å². The van der Waals surface area contributed by atoms with Gasteiger partial charge in [0.25, 0.3) is 5.91 Å². The van der Waals surface area contributed by atoms with Crippen molar-refractivity contribution >= 4 is 62.8 Å². The number of amides is 1. The van der Waals surface area contributed by atoms with Gasteiger partial charge in [0.2, 0.25) is 0 Å². The molecule has 0 saturated carbocycles. The van der Waals surface area contributed by atoms with Crippen LogP contribution in [-0.4, -0.2) is 20.8 Å². The lowest BCUT2D eigenvalue weighted by molar-refractivity contribution is -0.255. The molecule has 4 aromatic rings. The molecule has 3 aromatic carbocycles. The summed E-state index contributed by atoms with van der Waals surface area (Å²) in [5, 5.41) is 12.3. The molecule has 0 bridgehead atoms. The Balaban J connectivity index is 1.51. The van der Waals surface area contributed by atoms with Gasteiger partial charge in [0.15, 0.2) is 4.32 Å². The molecule has 0 atom stereocenters. The zero-order valence-electron chi connectivity index (χ0n) is 17.3. The van der Waals surface area contributed by atoms with Crippen molar-refractivity contribution < 1.29 is 14.7 Å². The summed E-state index contributed by atoms with van der Waals surface area (Å²) in [5.74, 6) is -1.58. The molecule has 1 amide bonds. The Morgan fingerprint density at radius 2 is 1.76 bits per heavy atom. The molecule has 5 rings (SSSR count). The number of carbonyl (C=O) groups is 2. The molecule has 0 unspecified atom stereocenters. The van der Waals surface area contributed by atoms with Crippen LogP contribution in [0.3, 0.4) is 0 Å². The molecule has 0 N–H and O–H groups in total. The minimum atomic E-state index is -1.30. The predicted molar refractivity (Wildman–Crippen MR) is 134 cm³/mol. The lowest BCUT2D eigenvalue weighted by Gasteiger charge is -2.15. The molecule has 5 nitrogen and oxygen atoms in total. The first-order valence-electron chi connectivity index (χ1n) is 10.2. The summed E-state index contributed by atoms with van der Waals surface area (Å²) in [6.07, 6.45) is 3.90. The highest BCUT2D eigenvalue weighted by Crippen LogP contribution is 2.37. The minimum Gasteiger partial charge on any atom is -0.545 e. The maximum atomic E-state index is 13.2. The van der Waals surface area contributed by atoms with E-state index < -0.39 is 5.97 Å². The predicted octanol–water partition coefficient (Wildman–Crippen LogP) is 4.46. The number of thiocarbonyl (C=S) groups is 1. The monoisotopic (exact) mass is 469 g/mol. The van der Waals surface area contributed by atoms with Gasteiger partial charge in [-0.05, 0) is 35.4 Å². The van der Waals surface area contributed by atoms with Gasteiger partial charge in [-0.3, -0.25) is 9.69 Å². The largest absolute Gasteiger partial charge is 0.545 e. The maximum Gasteiger partial charge on any atom is 0.270 e. The molecule has 0 spiro atoms. The van der Waals surface area contributed by atoms with Gasteiger partial charge >= 0.3 is 0 Å². The van der Waals surface area contributed by atoms with Crippen molar-refractivity contribution in [1.82, 2.24) is 4.57 Å². The van der Waals surface area contributed by atoms with E-state index in [1.165, 1.54) is 34.4 Å². The van der Waals surface area contributed by atoms with E-state index in [9.17, 15) is 14.7 Å². The highest BCUT2D eigenvalue weighted by Gasteiger charge is 2.33. The zero-order chi connectivity index (χ0) is 22.9. The van der Waals surface area contributed by atoms with E-state index in [0.717, 1.165) is 16.5 Å². The number of rotatable bonds is 5. The fraction of sp³-hybridized carbons (Fsp3) is 0.0385. The van der Waals surface area contributed by atoms with Crippen molar-refractivity contribution in [2.45, 2.75) is 6.54 Å². The average molecular weight is 470 g/mol. The number of aromatic carboxylic acids is 1. The number of carboxylic acid groups (broad SMARTS) is 1. The maximum absolute atomic E-state index is 13.2. The lowest BCUT2D eigenvalue weighted by atomic mass is 10.1. The number of nitrogens with zero attached hydrogens (tertiary/aromatic N) is 2. The number of aromatic nitrogens is 1. The number of anilines is 1. The summed E-state index contributed by atoms with van der Waals surface area (Å²) in [5.41, 5.74) is 3.59. The second-order valence-corrected chi connectivity index (χ2v) is 9.25. The quantitative estimate of drug-likeness (QED) is 0.319. The average Bonchev–Trinajstić information content (AvgIpc) is 3.31. The van der Waals surface area contributed by atoms with Crippen LogP contribution in [-0.2, 0) is 11.3 Å². The number of carbonyl (C=O) groups excluding carboxylic acids is 2. The molecule has 7 heteroatoms. The summed E-state index contributed by atoms with van der Waals surface area (Å²) in [6, 6.07) is 24.3. The van der Waals surface area contributed by atoms with E-state index in [1.54, 1.807) is 12.1 Å². The molecule has 1 aliphatic rings. The number of hydrogen-bond donors (Lipinski definition) is 0. The van der Waals surface area contributed by atoms with Gasteiger partial charge in [0, 0.05) is 29.2 Å². The SMILES string of the molecule is O=C([O-])c1cccc(N2C(=O)C(=Cc3cn(Cc4ccccc4)c4ccccc34)SC2=S)c1. The van der Waals surface area contributed by atoms with Crippen LogP contribution < -0.4 is 10.0 Å². The van der Waals surface area contributed by atoms with E-state index in [1.807, 2.05) is 48.7 Å². The van der Waals surface area contributed by atoms with Crippen LogP contribution in [0.15, 0.2) is 90.0 Å². The van der Waals surface area contributed by atoms with Crippen molar-refractivity contribution in [2.24, 2.45) is 0 Å². The second kappa shape index (κ2) is 8.69. The van der Waals surface area contributed by atoms with Crippen molar-refractivity contribution in [2.75, 3.05) is 4.90 Å². The zero-order valence-corrected chi connectivity index (χ0v) is 18.9. The lowest BCUT2D eigenvalue weighted by Crippen LogP contribution is -2.28. The Morgan fingerprint density at radius 3 is 2.55 bits per heavy atom. The third-order valence-electron chi connectivity index (χ3n) is 5.44. The van der Waals surface area contributed by atoms with E-state index in [2.05, 4.69) is 22.8 Å². The van der Waals surface area contributed by atoms with E-state index in [0.29, 0.717) is 21.5 Å². The summed E-state index contributed by atoms with van der Waals surface area (Å²) in [6.45, 7) is 0.714. The van der Waals surface area contributed by atoms with Crippen LogP contribution in [0.25, 0.3) is 17.0 Å². The van der Waals surface area contributed by atoms with Gasteiger partial charge in [-0.2, -0.15) is 0 Å². The summed E-state index contributed by atoms with van der Waals surface area (Å²) >= 11 is 6.65. The smallest absolute Gasteiger partial charge is 0.270 e. The molecule has 1 saturated heterocycles. The van der Waals surface area contributed by atoms with Crippen LogP contribution in [0.5, 0.6) is 0 Å². The first kappa shape index (κ1) is 21.2. The summed E-state index contributed by atoms with van der Waals surface area (Å²) < 4.78 is 2.52. The third-order valence-corrected chi connectivity index (χ3v) is 6.74. The molecule has 0 aliphatic carbocycles. The Morgan fingerprint density at radius 1 is 1.00 bits per heavy atom. The molecule has 1 aromatic heterocycles. The Hall–Kier alpha value is -3.68. The molecular formula is C26H17N2O3S2-. The van der Waals surface area contributed by atoms with Crippen LogP contribution in [0.2, 0.25) is 0 Å². The van der Waals surface area contributed by atoms with Gasteiger partial charge in [-0.25, -0.2) is 0 Å². The summed E-state index contributed by atoms with van der Waals surface area (Å²) in [7, 11) is 0. The standard InChI is InChI=1S/C26H18N2O3S2/c29-24-23(33-26(32)28(24)20-10-6-9-18(13-20)25(30)31)14-19-16-27(15-17-7-2-1-3-8-17)22-12-5-4-11-21(19)22/h1-14,16H,15H2,(H,30,31)/p-1. The van der Waals surface area contributed by atoms with Gasteiger partial charge in [-0.15, -0.1) is 0 Å². The van der Waals surface area contributed by atoms with Crippen molar-refractivity contribution in [3.63, 3.8) is 0 Å². The third kappa shape index (κ3) is 4.08. The Labute approximate surface area is 199 Å². The molecular weight excluding hydrogens is 452 g/mol. The van der Waals surface area contributed by atoms with Crippen LogP contribution in [0, 0.1) is 0 Å². The number of thioether (sulfide) groups is 1. The molecule has 33 heavy (non-hydrogen) atoms. The minimum absolute atomic E-state index is 0.00508. The second-order valence-electron chi connectivity index (χ2n) is 7.57. The Bertz CT molecular complexity index is 1440. The fourth-order valence-electron chi connectivity index (χ4n) is 3.90. The van der Waals surface area contributed by atoms with Gasteiger partial charge in [-0.1, -0.05) is 84.6 Å². The number of fused-ring (bicyclic) bond motifs is 1. The number of carboxylic acids is 1. The highest BCUT2D eigenvalue weighted by atomic mass is 32.2. The van der Waals surface area contributed by atoms with Crippen molar-refractivity contribution in [1.29, 1.82) is 0 Å².